The van der Waals surface area contributed by atoms with Crippen molar-refractivity contribution in [2.45, 2.75) is 20.0 Å². The second kappa shape index (κ2) is 5.44. The molecule has 0 saturated heterocycles. The van der Waals surface area contributed by atoms with Crippen LogP contribution in [0.25, 0.3) is 0 Å². The quantitative estimate of drug-likeness (QED) is 0.881. The lowest BCUT2D eigenvalue weighted by Gasteiger charge is -2.23. The van der Waals surface area contributed by atoms with Gasteiger partial charge in [-0.1, -0.05) is 0 Å². The zero-order valence-corrected chi connectivity index (χ0v) is 12.1. The molecule has 0 saturated carbocycles. The first-order valence-corrected chi connectivity index (χ1v) is 6.74. The smallest absolute Gasteiger partial charge is 0.275 e. The average Bonchev–Trinajstić information content (AvgIpc) is 2.49. The van der Waals surface area contributed by atoms with E-state index in [-0.39, 0.29) is 17.5 Å². The molecule has 1 atom stereocenters. The van der Waals surface area contributed by atoms with Gasteiger partial charge in [-0.2, -0.15) is 0 Å². The maximum absolute atomic E-state index is 12.1. The maximum atomic E-state index is 12.1. The van der Waals surface area contributed by atoms with Gasteiger partial charge in [0.05, 0.1) is 17.6 Å². The van der Waals surface area contributed by atoms with Gasteiger partial charge in [0.2, 0.25) is 0 Å². The van der Waals surface area contributed by atoms with Crippen molar-refractivity contribution in [1.82, 2.24) is 9.97 Å². The van der Waals surface area contributed by atoms with Crippen LogP contribution in [0.15, 0.2) is 30.6 Å². The number of aryl methyl sites for hydroxylation is 1. The summed E-state index contributed by atoms with van der Waals surface area (Å²) in [5.41, 5.74) is 2.01. The number of amides is 2. The van der Waals surface area contributed by atoms with Crippen LogP contribution in [-0.2, 0) is 4.79 Å². The number of aromatic nitrogens is 2. The van der Waals surface area contributed by atoms with Gasteiger partial charge in [0.25, 0.3) is 11.8 Å². The highest BCUT2D eigenvalue weighted by Gasteiger charge is 2.23. The van der Waals surface area contributed by atoms with Crippen molar-refractivity contribution in [3.8, 4) is 5.75 Å². The Hall–Kier alpha value is -2.96. The van der Waals surface area contributed by atoms with E-state index in [1.807, 2.05) is 0 Å². The van der Waals surface area contributed by atoms with Crippen LogP contribution in [0.4, 0.5) is 11.4 Å². The first-order chi connectivity index (χ1) is 10.5. The molecule has 7 nitrogen and oxygen atoms in total. The van der Waals surface area contributed by atoms with Crippen molar-refractivity contribution < 1.29 is 14.3 Å². The lowest BCUT2D eigenvalue weighted by molar-refractivity contribution is -0.122. The molecule has 3 rings (SSSR count). The summed E-state index contributed by atoms with van der Waals surface area (Å²) in [6.45, 7) is 3.46. The summed E-state index contributed by atoms with van der Waals surface area (Å²) >= 11 is 0. The molecule has 0 aliphatic carbocycles. The molecule has 2 heterocycles. The maximum Gasteiger partial charge on any atom is 0.275 e. The Morgan fingerprint density at radius 2 is 2.14 bits per heavy atom. The van der Waals surface area contributed by atoms with Gasteiger partial charge in [-0.05, 0) is 32.0 Å². The first-order valence-electron chi connectivity index (χ1n) is 6.74. The van der Waals surface area contributed by atoms with Crippen LogP contribution in [0.5, 0.6) is 5.75 Å². The normalized spacial score (nSPS) is 16.3. The molecular formula is C15H14N4O3. The molecule has 0 bridgehead atoms. The molecule has 22 heavy (non-hydrogen) atoms. The van der Waals surface area contributed by atoms with Gasteiger partial charge in [0, 0.05) is 11.9 Å². The zero-order valence-electron chi connectivity index (χ0n) is 12.1. The molecule has 1 aliphatic rings. The van der Waals surface area contributed by atoms with Gasteiger partial charge < -0.3 is 15.4 Å². The van der Waals surface area contributed by atoms with E-state index in [1.54, 1.807) is 32.0 Å². The van der Waals surface area contributed by atoms with Crippen LogP contribution in [-0.4, -0.2) is 27.9 Å². The molecule has 2 aromatic rings. The monoisotopic (exact) mass is 298 g/mol. The molecule has 0 radical (unpaired) electrons. The SMILES string of the molecule is Cc1cnc(C(=O)Nc2ccc3c(c2)NC(=O)C(C)O3)cn1. The van der Waals surface area contributed by atoms with Crippen molar-refractivity contribution >= 4 is 23.2 Å². The van der Waals surface area contributed by atoms with Crippen LogP contribution in [0.3, 0.4) is 0 Å². The van der Waals surface area contributed by atoms with Gasteiger partial charge in [0.15, 0.2) is 6.10 Å². The van der Waals surface area contributed by atoms with Gasteiger partial charge >= 0.3 is 0 Å². The van der Waals surface area contributed by atoms with Crippen molar-refractivity contribution in [2.75, 3.05) is 10.6 Å². The van der Waals surface area contributed by atoms with E-state index >= 15 is 0 Å². The minimum absolute atomic E-state index is 0.220. The number of carbonyl (C=O) groups is 2. The third-order valence-electron chi connectivity index (χ3n) is 3.18. The second-order valence-corrected chi connectivity index (χ2v) is 4.96. The molecule has 1 aliphatic heterocycles. The predicted molar refractivity (Wildman–Crippen MR) is 79.9 cm³/mol. The number of ether oxygens (including phenoxy) is 1. The molecule has 7 heteroatoms. The van der Waals surface area contributed by atoms with E-state index < -0.39 is 6.10 Å². The number of hydrogen-bond donors (Lipinski definition) is 2. The fraction of sp³-hybridized carbons (Fsp3) is 0.200. The van der Waals surface area contributed by atoms with Crippen LogP contribution < -0.4 is 15.4 Å². The van der Waals surface area contributed by atoms with Gasteiger partial charge in [-0.15, -0.1) is 0 Å². The highest BCUT2D eigenvalue weighted by atomic mass is 16.5. The number of fused-ring (bicyclic) bond motifs is 1. The molecule has 2 N–H and O–H groups in total. The number of benzene rings is 1. The minimum atomic E-state index is -0.532. The molecule has 2 amide bonds. The third kappa shape index (κ3) is 2.73. The summed E-state index contributed by atoms with van der Waals surface area (Å²) in [6, 6.07) is 5.03. The van der Waals surface area contributed by atoms with Gasteiger partial charge in [-0.25, -0.2) is 4.98 Å². The molecule has 1 unspecified atom stereocenters. The number of rotatable bonds is 2. The number of anilines is 2. The summed E-state index contributed by atoms with van der Waals surface area (Å²) in [4.78, 5) is 31.7. The van der Waals surface area contributed by atoms with Crippen LogP contribution >= 0.6 is 0 Å². The second-order valence-electron chi connectivity index (χ2n) is 4.96. The Kier molecular flexibility index (Phi) is 3.46. The topological polar surface area (TPSA) is 93.2 Å². The number of hydrogen-bond acceptors (Lipinski definition) is 5. The summed E-state index contributed by atoms with van der Waals surface area (Å²) in [6.07, 6.45) is 2.41. The van der Waals surface area contributed by atoms with Crippen molar-refractivity contribution in [2.24, 2.45) is 0 Å². The standard InChI is InChI=1S/C15H14N4O3/c1-8-6-17-12(7-16-8)15(21)18-10-3-4-13-11(5-10)19-14(20)9(2)22-13/h3-7,9H,1-2H3,(H,18,21)(H,19,20). The van der Waals surface area contributed by atoms with Crippen LogP contribution in [0.1, 0.15) is 23.1 Å². The highest BCUT2D eigenvalue weighted by molar-refractivity contribution is 6.04. The summed E-state index contributed by atoms with van der Waals surface area (Å²) < 4.78 is 5.45. The van der Waals surface area contributed by atoms with E-state index in [2.05, 4.69) is 20.6 Å². The molecule has 0 fully saturated rings. The lowest BCUT2D eigenvalue weighted by atomic mass is 10.2. The van der Waals surface area contributed by atoms with Crippen molar-refractivity contribution in [3.63, 3.8) is 0 Å². The Bertz CT molecular complexity index is 743. The van der Waals surface area contributed by atoms with E-state index in [0.29, 0.717) is 17.1 Å². The van der Waals surface area contributed by atoms with Crippen molar-refractivity contribution in [3.05, 3.63) is 42.0 Å². The highest BCUT2D eigenvalue weighted by Crippen LogP contribution is 2.32. The first kappa shape index (κ1) is 14.0. The van der Waals surface area contributed by atoms with Crippen molar-refractivity contribution in [1.29, 1.82) is 0 Å². The molecule has 1 aromatic carbocycles. The Balaban J connectivity index is 1.79. The van der Waals surface area contributed by atoms with E-state index in [1.165, 1.54) is 12.4 Å². The van der Waals surface area contributed by atoms with Crippen LogP contribution in [0.2, 0.25) is 0 Å². The lowest BCUT2D eigenvalue weighted by Crippen LogP contribution is -2.34. The molecular weight excluding hydrogens is 284 g/mol. The minimum Gasteiger partial charge on any atom is -0.479 e. The average molecular weight is 298 g/mol. The molecule has 1 aromatic heterocycles. The molecule has 112 valence electrons. The summed E-state index contributed by atoms with van der Waals surface area (Å²) in [7, 11) is 0. The summed E-state index contributed by atoms with van der Waals surface area (Å²) in [5, 5.41) is 5.43. The van der Waals surface area contributed by atoms with Crippen LogP contribution in [0, 0.1) is 6.92 Å². The van der Waals surface area contributed by atoms with E-state index in [9.17, 15) is 9.59 Å². The van der Waals surface area contributed by atoms with E-state index in [0.717, 1.165) is 5.69 Å². The fourth-order valence-corrected chi connectivity index (χ4v) is 1.99. The fourth-order valence-electron chi connectivity index (χ4n) is 1.99. The van der Waals surface area contributed by atoms with Gasteiger partial charge in [0.1, 0.15) is 11.4 Å². The number of nitrogens with zero attached hydrogens (tertiary/aromatic N) is 2. The zero-order chi connectivity index (χ0) is 15.7. The van der Waals surface area contributed by atoms with Gasteiger partial charge in [-0.3, -0.25) is 14.6 Å². The molecule has 0 spiro atoms. The summed E-state index contributed by atoms with van der Waals surface area (Å²) in [5.74, 6) is -0.0236. The Morgan fingerprint density at radius 1 is 1.32 bits per heavy atom. The third-order valence-corrected chi connectivity index (χ3v) is 3.18. The Morgan fingerprint density at radius 3 is 2.86 bits per heavy atom. The Labute approximate surface area is 126 Å². The number of carbonyl (C=O) groups excluding carboxylic acids is 2. The predicted octanol–water partition coefficient (Wildman–Crippen LogP) is 1.76. The van der Waals surface area contributed by atoms with E-state index in [4.69, 9.17) is 4.74 Å². The largest absolute Gasteiger partial charge is 0.479 e. The number of nitrogens with one attached hydrogen (secondary N) is 2.